The van der Waals surface area contributed by atoms with Gasteiger partial charge in [-0.25, -0.2) is 4.98 Å². The smallest absolute Gasteiger partial charge is 0.241 e. The summed E-state index contributed by atoms with van der Waals surface area (Å²) in [7, 11) is 0. The SMILES string of the molecule is N[C@H](C(=O)NCCn1ccnc1)c1ccccc1. The van der Waals surface area contributed by atoms with E-state index in [9.17, 15) is 4.79 Å². The molecule has 0 spiro atoms. The maximum atomic E-state index is 11.8. The van der Waals surface area contributed by atoms with Crippen LogP contribution in [-0.2, 0) is 11.3 Å². The third-order valence-corrected chi connectivity index (χ3v) is 2.67. The van der Waals surface area contributed by atoms with Crippen LogP contribution in [0.5, 0.6) is 0 Å². The van der Waals surface area contributed by atoms with Crippen molar-refractivity contribution in [3.05, 3.63) is 54.6 Å². The standard InChI is InChI=1S/C13H16N4O/c14-12(11-4-2-1-3-5-11)13(18)16-7-9-17-8-6-15-10-17/h1-6,8,10,12H,7,9,14H2,(H,16,18)/t12-/m0/s1. The third-order valence-electron chi connectivity index (χ3n) is 2.67. The molecule has 0 aliphatic heterocycles. The monoisotopic (exact) mass is 244 g/mol. The van der Waals surface area contributed by atoms with E-state index in [4.69, 9.17) is 5.73 Å². The molecule has 1 aromatic carbocycles. The van der Waals surface area contributed by atoms with Gasteiger partial charge in [-0.3, -0.25) is 4.79 Å². The average Bonchev–Trinajstić information content (AvgIpc) is 2.92. The van der Waals surface area contributed by atoms with E-state index in [1.165, 1.54) is 0 Å². The van der Waals surface area contributed by atoms with Gasteiger partial charge in [-0.2, -0.15) is 0 Å². The van der Waals surface area contributed by atoms with Crippen LogP contribution in [0, 0.1) is 0 Å². The molecular weight excluding hydrogens is 228 g/mol. The molecule has 2 rings (SSSR count). The Morgan fingerprint density at radius 2 is 2.17 bits per heavy atom. The van der Waals surface area contributed by atoms with Gasteiger partial charge in [0.1, 0.15) is 6.04 Å². The number of benzene rings is 1. The molecule has 3 N–H and O–H groups in total. The first-order chi connectivity index (χ1) is 8.77. The Kier molecular flexibility index (Phi) is 4.09. The van der Waals surface area contributed by atoms with Crippen LogP contribution >= 0.6 is 0 Å². The molecule has 0 unspecified atom stereocenters. The Balaban J connectivity index is 1.81. The van der Waals surface area contributed by atoms with Crippen LogP contribution in [0.2, 0.25) is 0 Å². The lowest BCUT2D eigenvalue weighted by atomic mass is 10.1. The van der Waals surface area contributed by atoms with Crippen LogP contribution in [-0.4, -0.2) is 22.0 Å². The topological polar surface area (TPSA) is 72.9 Å². The highest BCUT2D eigenvalue weighted by atomic mass is 16.2. The molecule has 0 saturated carbocycles. The number of nitrogens with zero attached hydrogens (tertiary/aromatic N) is 2. The molecule has 2 aromatic rings. The number of nitrogens with one attached hydrogen (secondary N) is 1. The molecule has 0 radical (unpaired) electrons. The van der Waals surface area contributed by atoms with Gasteiger partial charge in [0, 0.05) is 25.5 Å². The van der Waals surface area contributed by atoms with Gasteiger partial charge in [0.15, 0.2) is 0 Å². The van der Waals surface area contributed by atoms with Gasteiger partial charge < -0.3 is 15.6 Å². The minimum Gasteiger partial charge on any atom is -0.353 e. The summed E-state index contributed by atoms with van der Waals surface area (Å²) in [5.41, 5.74) is 6.68. The molecule has 0 bridgehead atoms. The summed E-state index contributed by atoms with van der Waals surface area (Å²) in [6.45, 7) is 1.23. The van der Waals surface area contributed by atoms with Crippen LogP contribution < -0.4 is 11.1 Å². The first-order valence-corrected chi connectivity index (χ1v) is 5.81. The average molecular weight is 244 g/mol. The van der Waals surface area contributed by atoms with Crippen molar-refractivity contribution in [3.63, 3.8) is 0 Å². The summed E-state index contributed by atoms with van der Waals surface area (Å²) < 4.78 is 1.90. The predicted octanol–water partition coefficient (Wildman–Crippen LogP) is 0.699. The Morgan fingerprint density at radius 1 is 1.39 bits per heavy atom. The second-order valence-electron chi connectivity index (χ2n) is 3.98. The fourth-order valence-electron chi connectivity index (χ4n) is 1.65. The maximum absolute atomic E-state index is 11.8. The fourth-order valence-corrected chi connectivity index (χ4v) is 1.65. The molecule has 1 heterocycles. The molecule has 5 heteroatoms. The number of carbonyl (C=O) groups excluding carboxylic acids is 1. The van der Waals surface area contributed by atoms with Crippen molar-refractivity contribution in [2.24, 2.45) is 5.73 Å². The lowest BCUT2D eigenvalue weighted by Crippen LogP contribution is -2.35. The second kappa shape index (κ2) is 5.97. The van der Waals surface area contributed by atoms with Crippen LogP contribution in [0.1, 0.15) is 11.6 Å². The van der Waals surface area contributed by atoms with Gasteiger partial charge in [0.05, 0.1) is 6.33 Å². The summed E-state index contributed by atoms with van der Waals surface area (Å²) in [4.78, 5) is 15.7. The van der Waals surface area contributed by atoms with Crippen LogP contribution in [0.15, 0.2) is 49.1 Å². The van der Waals surface area contributed by atoms with E-state index in [1.54, 1.807) is 12.5 Å². The minimum atomic E-state index is -0.617. The number of hydrogen-bond donors (Lipinski definition) is 2. The van der Waals surface area contributed by atoms with Gasteiger partial charge in [0.2, 0.25) is 5.91 Å². The molecule has 1 aromatic heterocycles. The zero-order valence-electron chi connectivity index (χ0n) is 9.99. The van der Waals surface area contributed by atoms with E-state index in [0.29, 0.717) is 13.1 Å². The highest BCUT2D eigenvalue weighted by molar-refractivity contribution is 5.82. The van der Waals surface area contributed by atoms with Crippen LogP contribution in [0.3, 0.4) is 0 Å². The van der Waals surface area contributed by atoms with Gasteiger partial charge in [-0.05, 0) is 5.56 Å². The van der Waals surface area contributed by atoms with Gasteiger partial charge in [-0.15, -0.1) is 0 Å². The maximum Gasteiger partial charge on any atom is 0.241 e. The summed E-state index contributed by atoms with van der Waals surface area (Å²) in [5.74, 6) is -0.165. The molecule has 18 heavy (non-hydrogen) atoms. The van der Waals surface area contributed by atoms with Gasteiger partial charge in [0.25, 0.3) is 0 Å². The Hall–Kier alpha value is -2.14. The molecule has 0 aliphatic carbocycles. The first kappa shape index (κ1) is 12.3. The summed E-state index contributed by atoms with van der Waals surface area (Å²) in [6, 6.07) is 8.71. The van der Waals surface area contributed by atoms with E-state index < -0.39 is 6.04 Å². The summed E-state index contributed by atoms with van der Waals surface area (Å²) in [6.07, 6.45) is 5.27. The Morgan fingerprint density at radius 3 is 2.83 bits per heavy atom. The third kappa shape index (κ3) is 3.18. The number of nitrogens with two attached hydrogens (primary N) is 1. The van der Waals surface area contributed by atoms with Crippen molar-refractivity contribution < 1.29 is 4.79 Å². The molecule has 5 nitrogen and oxygen atoms in total. The zero-order valence-corrected chi connectivity index (χ0v) is 9.99. The number of amides is 1. The summed E-state index contributed by atoms with van der Waals surface area (Å²) >= 11 is 0. The highest BCUT2D eigenvalue weighted by Crippen LogP contribution is 2.08. The molecular formula is C13H16N4O. The van der Waals surface area contributed by atoms with Crippen molar-refractivity contribution >= 4 is 5.91 Å². The lowest BCUT2D eigenvalue weighted by molar-refractivity contribution is -0.122. The zero-order chi connectivity index (χ0) is 12.8. The Labute approximate surface area is 106 Å². The molecule has 94 valence electrons. The van der Waals surface area contributed by atoms with E-state index in [1.807, 2.05) is 41.1 Å². The fraction of sp³-hybridized carbons (Fsp3) is 0.231. The van der Waals surface area contributed by atoms with Crippen LogP contribution in [0.25, 0.3) is 0 Å². The minimum absolute atomic E-state index is 0.165. The lowest BCUT2D eigenvalue weighted by Gasteiger charge is -2.12. The van der Waals surface area contributed by atoms with E-state index >= 15 is 0 Å². The van der Waals surface area contributed by atoms with Crippen molar-refractivity contribution in [1.29, 1.82) is 0 Å². The summed E-state index contributed by atoms with van der Waals surface area (Å²) in [5, 5.41) is 2.81. The molecule has 1 atom stereocenters. The Bertz CT molecular complexity index is 481. The first-order valence-electron chi connectivity index (χ1n) is 5.81. The van der Waals surface area contributed by atoms with Crippen molar-refractivity contribution in [3.8, 4) is 0 Å². The quantitative estimate of drug-likeness (QED) is 0.813. The predicted molar refractivity (Wildman–Crippen MR) is 68.6 cm³/mol. The van der Waals surface area contributed by atoms with Gasteiger partial charge in [-0.1, -0.05) is 30.3 Å². The van der Waals surface area contributed by atoms with E-state index in [2.05, 4.69) is 10.3 Å². The van der Waals surface area contributed by atoms with Gasteiger partial charge >= 0.3 is 0 Å². The van der Waals surface area contributed by atoms with Crippen molar-refractivity contribution in [2.75, 3.05) is 6.54 Å². The number of hydrogen-bond acceptors (Lipinski definition) is 3. The van der Waals surface area contributed by atoms with E-state index in [0.717, 1.165) is 5.56 Å². The molecule has 0 aliphatic rings. The molecule has 1 amide bonds. The molecule has 0 fully saturated rings. The number of rotatable bonds is 5. The number of carbonyl (C=O) groups is 1. The van der Waals surface area contributed by atoms with E-state index in [-0.39, 0.29) is 5.91 Å². The normalized spacial score (nSPS) is 12.1. The second-order valence-corrected chi connectivity index (χ2v) is 3.98. The molecule has 0 saturated heterocycles. The van der Waals surface area contributed by atoms with Crippen molar-refractivity contribution in [2.45, 2.75) is 12.6 Å². The number of imidazole rings is 1. The largest absolute Gasteiger partial charge is 0.353 e. The number of aromatic nitrogens is 2. The van der Waals surface area contributed by atoms with Crippen molar-refractivity contribution in [1.82, 2.24) is 14.9 Å². The highest BCUT2D eigenvalue weighted by Gasteiger charge is 2.14. The van der Waals surface area contributed by atoms with Crippen LogP contribution in [0.4, 0.5) is 0 Å².